The van der Waals surface area contributed by atoms with Crippen molar-refractivity contribution in [2.75, 3.05) is 25.1 Å². The summed E-state index contributed by atoms with van der Waals surface area (Å²) in [5, 5.41) is 12.8. The molecular formula is C20H23N5O2. The van der Waals surface area contributed by atoms with Gasteiger partial charge in [-0.25, -0.2) is 15.0 Å². The summed E-state index contributed by atoms with van der Waals surface area (Å²) >= 11 is 0. The molecule has 1 aromatic carbocycles. The molecule has 0 saturated carbocycles. The maximum atomic E-state index is 9.62. The van der Waals surface area contributed by atoms with E-state index in [9.17, 15) is 5.26 Å². The van der Waals surface area contributed by atoms with E-state index in [1.807, 2.05) is 24.3 Å². The largest absolute Gasteiger partial charge is 0.439 e. The van der Waals surface area contributed by atoms with E-state index in [0.717, 1.165) is 31.4 Å². The summed E-state index contributed by atoms with van der Waals surface area (Å²) in [5.74, 6) is 0.142. The Morgan fingerprint density at radius 3 is 2.85 bits per heavy atom. The van der Waals surface area contributed by atoms with E-state index in [1.54, 1.807) is 12.3 Å². The highest BCUT2D eigenvalue weighted by Gasteiger charge is 2.22. The number of benzene rings is 1. The van der Waals surface area contributed by atoms with Crippen molar-refractivity contribution in [2.24, 2.45) is 0 Å². The number of rotatable bonds is 10. The van der Waals surface area contributed by atoms with Gasteiger partial charge in [0.1, 0.15) is 5.52 Å². The number of oxazole rings is 1. The van der Waals surface area contributed by atoms with Crippen LogP contribution in [0, 0.1) is 11.3 Å². The molecule has 7 nitrogen and oxygen atoms in total. The Morgan fingerprint density at radius 1 is 1.19 bits per heavy atom. The molecule has 0 spiro atoms. The van der Waals surface area contributed by atoms with Crippen LogP contribution in [-0.2, 0) is 4.74 Å². The normalized spacial score (nSPS) is 12.0. The number of anilines is 1. The summed E-state index contributed by atoms with van der Waals surface area (Å²) in [7, 11) is 0. The lowest BCUT2D eigenvalue weighted by Crippen LogP contribution is -2.10. The Labute approximate surface area is 158 Å². The monoisotopic (exact) mass is 365 g/mol. The zero-order chi connectivity index (χ0) is 18.9. The first-order valence-electron chi connectivity index (χ1n) is 9.21. The number of fused-ring (bicyclic) bond motifs is 1. The molecule has 0 bridgehead atoms. The van der Waals surface area contributed by atoms with Crippen molar-refractivity contribution in [1.82, 2.24) is 15.0 Å². The molecule has 3 aromatic rings. The molecule has 1 N–H and O–H groups in total. The number of nitrogens with one attached hydrogen (secondary N) is 1. The van der Waals surface area contributed by atoms with E-state index < -0.39 is 5.92 Å². The molecule has 0 fully saturated rings. The summed E-state index contributed by atoms with van der Waals surface area (Å²) in [6, 6.07) is 11.4. The molecule has 7 heteroatoms. The molecule has 27 heavy (non-hydrogen) atoms. The molecule has 0 amide bonds. The highest BCUT2D eigenvalue weighted by atomic mass is 16.5. The SMILES string of the molecule is CCCCOCCCNc1nccc(C(C#N)c2nc3ccccc3o2)n1. The minimum Gasteiger partial charge on any atom is -0.439 e. The van der Waals surface area contributed by atoms with Gasteiger partial charge in [0.05, 0.1) is 11.8 Å². The minimum absolute atomic E-state index is 0.340. The molecule has 140 valence electrons. The molecule has 2 heterocycles. The van der Waals surface area contributed by atoms with Crippen molar-refractivity contribution in [3.8, 4) is 6.07 Å². The van der Waals surface area contributed by atoms with Crippen LogP contribution in [0.2, 0.25) is 0 Å². The summed E-state index contributed by atoms with van der Waals surface area (Å²) in [6.07, 6.45) is 4.72. The maximum Gasteiger partial charge on any atom is 0.222 e. The molecule has 3 rings (SSSR count). The van der Waals surface area contributed by atoms with Crippen molar-refractivity contribution < 1.29 is 9.15 Å². The molecule has 0 aliphatic rings. The van der Waals surface area contributed by atoms with Gasteiger partial charge in [-0.2, -0.15) is 5.26 Å². The first-order valence-corrected chi connectivity index (χ1v) is 9.21. The fourth-order valence-corrected chi connectivity index (χ4v) is 2.60. The lowest BCUT2D eigenvalue weighted by Gasteiger charge is -2.08. The van der Waals surface area contributed by atoms with Gasteiger partial charge >= 0.3 is 0 Å². The average Bonchev–Trinajstić information content (AvgIpc) is 3.12. The standard InChI is InChI=1S/C20H23N5O2/c1-2-3-12-26-13-6-10-22-20-23-11-9-16(25-20)15(14-21)19-24-17-7-4-5-8-18(17)27-19/h4-5,7-9,11,15H,2-3,6,10,12-13H2,1H3,(H,22,23,25). The minimum atomic E-state index is -0.682. The maximum absolute atomic E-state index is 9.62. The van der Waals surface area contributed by atoms with Gasteiger partial charge in [-0.05, 0) is 31.0 Å². The first kappa shape index (κ1) is 18.8. The average molecular weight is 365 g/mol. The van der Waals surface area contributed by atoms with Crippen molar-refractivity contribution in [1.29, 1.82) is 5.26 Å². The van der Waals surface area contributed by atoms with Crippen LogP contribution in [0.15, 0.2) is 40.9 Å². The van der Waals surface area contributed by atoms with Gasteiger partial charge in [0.2, 0.25) is 11.8 Å². The number of hydrogen-bond donors (Lipinski definition) is 1. The molecule has 2 aromatic heterocycles. The molecule has 0 saturated heterocycles. The van der Waals surface area contributed by atoms with Crippen molar-refractivity contribution in [3.05, 3.63) is 48.1 Å². The summed E-state index contributed by atoms with van der Waals surface area (Å²) in [4.78, 5) is 13.1. The zero-order valence-electron chi connectivity index (χ0n) is 15.4. The van der Waals surface area contributed by atoms with Crippen LogP contribution >= 0.6 is 0 Å². The third kappa shape index (κ3) is 5.02. The highest BCUT2D eigenvalue weighted by molar-refractivity contribution is 5.72. The number of para-hydroxylation sites is 2. The smallest absolute Gasteiger partial charge is 0.222 e. The van der Waals surface area contributed by atoms with Gasteiger partial charge < -0.3 is 14.5 Å². The third-order valence-corrected chi connectivity index (χ3v) is 4.05. The van der Waals surface area contributed by atoms with E-state index >= 15 is 0 Å². The predicted molar refractivity (Wildman–Crippen MR) is 102 cm³/mol. The summed E-state index contributed by atoms with van der Waals surface area (Å²) in [6.45, 7) is 4.35. The molecule has 0 aliphatic heterocycles. The Hall–Kier alpha value is -2.98. The lowest BCUT2D eigenvalue weighted by atomic mass is 10.1. The summed E-state index contributed by atoms with van der Waals surface area (Å²) in [5.41, 5.74) is 1.94. The van der Waals surface area contributed by atoms with Gasteiger partial charge in [0.15, 0.2) is 11.5 Å². The van der Waals surface area contributed by atoms with E-state index in [-0.39, 0.29) is 0 Å². The summed E-state index contributed by atoms with van der Waals surface area (Å²) < 4.78 is 11.3. The molecule has 0 aliphatic carbocycles. The van der Waals surface area contributed by atoms with E-state index in [4.69, 9.17) is 9.15 Å². The Morgan fingerprint density at radius 2 is 2.04 bits per heavy atom. The Balaban J connectivity index is 1.62. The van der Waals surface area contributed by atoms with Crippen molar-refractivity contribution >= 4 is 17.0 Å². The van der Waals surface area contributed by atoms with Gasteiger partial charge in [-0.3, -0.25) is 0 Å². The number of ether oxygens (including phenoxy) is 1. The Kier molecular flexibility index (Phi) is 6.72. The topological polar surface area (TPSA) is 96.9 Å². The second-order valence-electron chi connectivity index (χ2n) is 6.13. The number of nitriles is 1. The third-order valence-electron chi connectivity index (χ3n) is 4.05. The van der Waals surface area contributed by atoms with E-state index in [2.05, 4.69) is 33.3 Å². The molecule has 1 unspecified atom stereocenters. The van der Waals surface area contributed by atoms with Crippen molar-refractivity contribution in [2.45, 2.75) is 32.1 Å². The number of hydrogen-bond acceptors (Lipinski definition) is 7. The van der Waals surface area contributed by atoms with Crippen molar-refractivity contribution in [3.63, 3.8) is 0 Å². The van der Waals surface area contributed by atoms with Crippen LogP contribution in [0.1, 0.15) is 43.7 Å². The van der Waals surface area contributed by atoms with Crippen LogP contribution in [0.5, 0.6) is 0 Å². The van der Waals surface area contributed by atoms with E-state index in [1.165, 1.54) is 0 Å². The molecular weight excluding hydrogens is 342 g/mol. The number of unbranched alkanes of at least 4 members (excludes halogenated alkanes) is 1. The predicted octanol–water partition coefficient (Wildman–Crippen LogP) is 3.89. The Bertz CT molecular complexity index is 870. The highest BCUT2D eigenvalue weighted by Crippen LogP contribution is 2.25. The van der Waals surface area contributed by atoms with E-state index in [0.29, 0.717) is 36.3 Å². The molecule has 0 radical (unpaired) electrons. The van der Waals surface area contributed by atoms with Crippen LogP contribution in [-0.4, -0.2) is 34.7 Å². The fraction of sp³-hybridized carbons (Fsp3) is 0.400. The quantitative estimate of drug-likeness (QED) is 0.544. The van der Waals surface area contributed by atoms with Gasteiger partial charge in [0.25, 0.3) is 0 Å². The van der Waals surface area contributed by atoms with Gasteiger partial charge in [0, 0.05) is 26.0 Å². The van der Waals surface area contributed by atoms with Gasteiger partial charge in [-0.1, -0.05) is 25.5 Å². The molecule has 1 atom stereocenters. The van der Waals surface area contributed by atoms with Gasteiger partial charge in [-0.15, -0.1) is 0 Å². The number of aromatic nitrogens is 3. The van der Waals surface area contributed by atoms with Crippen LogP contribution in [0.3, 0.4) is 0 Å². The number of nitrogens with zero attached hydrogens (tertiary/aromatic N) is 4. The zero-order valence-corrected chi connectivity index (χ0v) is 15.4. The van der Waals surface area contributed by atoms with Crippen LogP contribution in [0.4, 0.5) is 5.95 Å². The second kappa shape index (κ2) is 9.64. The second-order valence-corrected chi connectivity index (χ2v) is 6.13. The fourth-order valence-electron chi connectivity index (χ4n) is 2.60. The first-order chi connectivity index (χ1) is 13.3. The van der Waals surface area contributed by atoms with Crippen LogP contribution in [0.25, 0.3) is 11.1 Å². The lowest BCUT2D eigenvalue weighted by molar-refractivity contribution is 0.131. The van der Waals surface area contributed by atoms with Crippen LogP contribution < -0.4 is 5.32 Å².